The molecule has 4 aromatic rings. The van der Waals surface area contributed by atoms with Gasteiger partial charge in [-0.15, -0.1) is 0 Å². The largest absolute Gasteiger partial charge is 0.493 e. The molecule has 0 N–H and O–H groups in total. The number of hydrogen-bond donors (Lipinski definition) is 0. The molecule has 0 saturated carbocycles. The molecule has 1 aliphatic heterocycles. The van der Waals surface area contributed by atoms with E-state index in [2.05, 4.69) is 0 Å². The fourth-order valence-electron chi connectivity index (χ4n) is 4.24. The predicted molar refractivity (Wildman–Crippen MR) is 145 cm³/mol. The van der Waals surface area contributed by atoms with Crippen LogP contribution in [-0.2, 0) is 14.3 Å². The zero-order chi connectivity index (χ0) is 28.8. The van der Waals surface area contributed by atoms with Gasteiger partial charge < -0.3 is 28.3 Å². The van der Waals surface area contributed by atoms with E-state index in [1.165, 1.54) is 41.5 Å². The summed E-state index contributed by atoms with van der Waals surface area (Å²) in [4.78, 5) is 51.3. The van der Waals surface area contributed by atoms with Crippen LogP contribution in [0.15, 0.2) is 95.6 Å². The van der Waals surface area contributed by atoms with E-state index >= 15 is 0 Å². The Balaban J connectivity index is 1.12. The van der Waals surface area contributed by atoms with Gasteiger partial charge in [-0.1, -0.05) is 12.1 Å². The molecule has 0 bridgehead atoms. The molecule has 0 spiro atoms. The van der Waals surface area contributed by atoms with Crippen LogP contribution in [0, 0.1) is 5.92 Å². The van der Waals surface area contributed by atoms with Crippen molar-refractivity contribution in [2.75, 3.05) is 25.2 Å². The van der Waals surface area contributed by atoms with Crippen molar-refractivity contribution in [3.8, 4) is 23.0 Å². The summed E-state index contributed by atoms with van der Waals surface area (Å²) in [7, 11) is 1.56. The minimum atomic E-state index is -0.705. The molecule has 5 rings (SSSR count). The van der Waals surface area contributed by atoms with Gasteiger partial charge in [0, 0.05) is 24.2 Å². The average Bonchev–Trinajstić information content (AvgIpc) is 3.67. The van der Waals surface area contributed by atoms with Gasteiger partial charge in [-0.2, -0.15) is 0 Å². The molecule has 10 heteroatoms. The fourth-order valence-corrected chi connectivity index (χ4v) is 4.24. The molecule has 1 fully saturated rings. The van der Waals surface area contributed by atoms with Gasteiger partial charge in [-0.05, 0) is 72.8 Å². The number of hydrogen-bond acceptors (Lipinski definition) is 9. The fraction of sp³-hybridized carbons (Fsp3) is 0.161. The van der Waals surface area contributed by atoms with Crippen molar-refractivity contribution in [3.05, 3.63) is 103 Å². The van der Waals surface area contributed by atoms with Crippen molar-refractivity contribution in [3.63, 3.8) is 0 Å². The summed E-state index contributed by atoms with van der Waals surface area (Å²) in [6.07, 6.45) is 1.33. The monoisotopic (exact) mass is 555 g/mol. The lowest BCUT2D eigenvalue weighted by molar-refractivity contribution is -0.147. The number of benzene rings is 3. The second-order valence-electron chi connectivity index (χ2n) is 9.07. The number of para-hydroxylation sites is 2. The summed E-state index contributed by atoms with van der Waals surface area (Å²) in [6.45, 7) is -0.349. The van der Waals surface area contributed by atoms with Crippen LogP contribution in [0.4, 0.5) is 5.69 Å². The molecule has 10 nitrogen and oxygen atoms in total. The van der Waals surface area contributed by atoms with Crippen LogP contribution in [0.2, 0.25) is 0 Å². The molecule has 41 heavy (non-hydrogen) atoms. The van der Waals surface area contributed by atoms with E-state index in [0.29, 0.717) is 22.9 Å². The van der Waals surface area contributed by atoms with Gasteiger partial charge in [0.15, 0.2) is 23.9 Å². The molecular weight excluding hydrogens is 530 g/mol. The number of carbonyl (C=O) groups is 4. The molecule has 0 unspecified atom stereocenters. The first-order chi connectivity index (χ1) is 19.9. The summed E-state index contributed by atoms with van der Waals surface area (Å²) in [5.41, 5.74) is 0.886. The maximum Gasteiger partial charge on any atom is 0.379 e. The van der Waals surface area contributed by atoms with Gasteiger partial charge in [0.25, 0.3) is 0 Å². The first-order valence-corrected chi connectivity index (χ1v) is 12.7. The third-order valence-electron chi connectivity index (χ3n) is 6.36. The SMILES string of the molecule is COc1ccccc1Oc1ccc(N2C[C@H](C(=O)OCC(=O)c3ccc(OC(=O)c4ccco4)cc3)CC2=O)cc1. The van der Waals surface area contributed by atoms with Crippen LogP contribution in [0.5, 0.6) is 23.0 Å². The van der Waals surface area contributed by atoms with E-state index in [9.17, 15) is 19.2 Å². The lowest BCUT2D eigenvalue weighted by Crippen LogP contribution is -2.27. The van der Waals surface area contributed by atoms with E-state index in [1.54, 1.807) is 49.6 Å². The molecule has 1 atom stereocenters. The zero-order valence-electron chi connectivity index (χ0n) is 22.0. The topological polar surface area (TPSA) is 122 Å². The highest BCUT2D eigenvalue weighted by atomic mass is 16.5. The molecule has 3 aromatic carbocycles. The van der Waals surface area contributed by atoms with Crippen molar-refractivity contribution >= 4 is 29.3 Å². The van der Waals surface area contributed by atoms with Crippen molar-refractivity contribution in [2.24, 2.45) is 5.92 Å². The Kier molecular flexibility index (Phi) is 8.10. The predicted octanol–water partition coefficient (Wildman–Crippen LogP) is 5.08. The number of methoxy groups -OCH3 is 1. The summed E-state index contributed by atoms with van der Waals surface area (Å²) in [5.74, 6) is -0.678. The van der Waals surface area contributed by atoms with Crippen molar-refractivity contribution < 1.29 is 42.5 Å². The van der Waals surface area contributed by atoms with E-state index in [-0.39, 0.29) is 35.9 Å². The van der Waals surface area contributed by atoms with Crippen molar-refractivity contribution in [1.29, 1.82) is 0 Å². The quantitative estimate of drug-likeness (QED) is 0.150. The standard InChI is InChI=1S/C31H25NO9/c1-37-26-5-2-3-6-27(26)40-23-14-10-22(11-15-23)32-18-21(17-29(32)34)30(35)39-19-25(33)20-8-12-24(13-9-20)41-31(36)28-7-4-16-38-28/h2-16,21H,17-19H2,1H3/t21-/m1/s1. The Morgan fingerprint density at radius 1 is 0.878 bits per heavy atom. The number of ketones is 1. The molecule has 1 saturated heterocycles. The molecule has 0 radical (unpaired) electrons. The summed E-state index contributed by atoms with van der Waals surface area (Å²) < 4.78 is 26.6. The van der Waals surface area contributed by atoms with Crippen LogP contribution >= 0.6 is 0 Å². The minimum Gasteiger partial charge on any atom is -0.493 e. The number of Topliss-reactive ketones (excluding diaryl/α,β-unsaturated/α-hetero) is 1. The normalized spacial score (nSPS) is 14.4. The molecule has 208 valence electrons. The number of anilines is 1. The second-order valence-corrected chi connectivity index (χ2v) is 9.07. The van der Waals surface area contributed by atoms with E-state index < -0.39 is 30.2 Å². The van der Waals surface area contributed by atoms with Crippen LogP contribution in [0.25, 0.3) is 0 Å². The number of nitrogens with zero attached hydrogens (tertiary/aromatic N) is 1. The summed E-state index contributed by atoms with van der Waals surface area (Å²) in [5, 5.41) is 0. The van der Waals surface area contributed by atoms with E-state index in [0.717, 1.165) is 0 Å². The molecule has 2 heterocycles. The Morgan fingerprint density at radius 3 is 2.27 bits per heavy atom. The van der Waals surface area contributed by atoms with Crippen molar-refractivity contribution in [1.82, 2.24) is 0 Å². The second kappa shape index (κ2) is 12.2. The van der Waals surface area contributed by atoms with E-state index in [4.69, 9.17) is 23.4 Å². The van der Waals surface area contributed by atoms with Crippen LogP contribution in [-0.4, -0.2) is 43.9 Å². The summed E-state index contributed by atoms with van der Waals surface area (Å²) >= 11 is 0. The van der Waals surface area contributed by atoms with Gasteiger partial charge in [0.2, 0.25) is 11.7 Å². The van der Waals surface area contributed by atoms with Crippen LogP contribution in [0.3, 0.4) is 0 Å². The average molecular weight is 556 g/mol. The summed E-state index contributed by atoms with van der Waals surface area (Å²) in [6, 6.07) is 23.0. The Bertz CT molecular complexity index is 1540. The van der Waals surface area contributed by atoms with Crippen LogP contribution in [0.1, 0.15) is 27.3 Å². The van der Waals surface area contributed by atoms with Gasteiger partial charge in [0.05, 0.1) is 19.3 Å². The molecule has 1 aromatic heterocycles. The number of furan rings is 1. The number of esters is 2. The number of rotatable bonds is 10. The highest BCUT2D eigenvalue weighted by molar-refractivity contribution is 6.01. The van der Waals surface area contributed by atoms with Crippen LogP contribution < -0.4 is 19.1 Å². The van der Waals surface area contributed by atoms with Gasteiger partial charge in [0.1, 0.15) is 11.5 Å². The van der Waals surface area contributed by atoms with E-state index in [1.807, 2.05) is 12.1 Å². The maximum absolute atomic E-state index is 12.7. The first-order valence-electron chi connectivity index (χ1n) is 12.7. The minimum absolute atomic E-state index is 0.0256. The van der Waals surface area contributed by atoms with Gasteiger partial charge in [-0.25, -0.2) is 4.79 Å². The van der Waals surface area contributed by atoms with Gasteiger partial charge >= 0.3 is 11.9 Å². The van der Waals surface area contributed by atoms with Crippen molar-refractivity contribution in [2.45, 2.75) is 6.42 Å². The molecule has 1 aliphatic rings. The highest BCUT2D eigenvalue weighted by Gasteiger charge is 2.36. The third kappa shape index (κ3) is 6.44. The van der Waals surface area contributed by atoms with Gasteiger partial charge in [-0.3, -0.25) is 14.4 Å². The maximum atomic E-state index is 12.7. The molecular formula is C31H25NO9. The number of amides is 1. The third-order valence-corrected chi connectivity index (χ3v) is 6.36. The zero-order valence-corrected chi connectivity index (χ0v) is 22.0. The first kappa shape index (κ1) is 27.2. The Hall–Kier alpha value is -5.38. The smallest absolute Gasteiger partial charge is 0.379 e. The lowest BCUT2D eigenvalue weighted by atomic mass is 10.1. The Labute approximate surface area is 235 Å². The number of carbonyl (C=O) groups excluding carboxylic acids is 4. The molecule has 1 amide bonds. The Morgan fingerprint density at radius 2 is 1.59 bits per heavy atom. The number of ether oxygens (including phenoxy) is 4. The lowest BCUT2D eigenvalue weighted by Gasteiger charge is -2.17. The molecule has 0 aliphatic carbocycles. The highest BCUT2D eigenvalue weighted by Crippen LogP contribution is 2.33.